The Bertz CT molecular complexity index is 6130. The Hall–Kier alpha value is -11.3. The topological polar surface area (TPSA) is 279 Å². The van der Waals surface area contributed by atoms with Crippen molar-refractivity contribution in [1.29, 1.82) is 10.5 Å². The minimum Gasteiger partial charge on any atom is -0.741 e. The van der Waals surface area contributed by atoms with Crippen molar-refractivity contribution < 1.29 is 64.4 Å². The second kappa shape index (κ2) is 40.1. The van der Waals surface area contributed by atoms with Gasteiger partial charge in [-0.2, -0.15) is 36.3 Å². The summed E-state index contributed by atoms with van der Waals surface area (Å²) in [5.41, 5.74) is 6.53. The third-order valence-corrected chi connectivity index (χ3v) is 27.3. The first kappa shape index (κ1) is 94.5. The summed E-state index contributed by atoms with van der Waals surface area (Å²) in [5, 5.41) is 49.9. The standard InChI is InChI=1S/C47H48N4O4S2.C27H27N3O4S.C20H22NS.CHF3O3S/c1-46(2)20-21-47(3,4)30-57(29-46)28-31-9-11-32(12-10-31)42(19-22-48)56-24-23-49-44(52)33-13-16-36(39(25-33)45(53)54)43-37-17-14-34(50(5)6)26-40(37)55-41-27-35(51(7)8)15-18-38(41)43;1-29(2)17-6-9-20-23(14-17)34-24-15-18(30(3)4)7-10-21(24)25(20)19-8-5-16(13-22(19)27(32)33)26(31)28-11-12-35;1-19(2)11-12-20(3,4)16-22(15-19)14-18-9-7-17(8-10-18)6-5-13-21;2-1(3,4)8(5,6)7/h9-19,25-27H,23-24,28-30H2,1-8H3;5-10,13-15H,11-12H2,1-4H3,(H2-,28,31,32,33,35);7-10H,14-16H2,1-4H3;(H,5,6,7)/q;;+1;/p+1. The summed E-state index contributed by atoms with van der Waals surface area (Å²) in [6.07, 6.45) is 1.54. The van der Waals surface area contributed by atoms with Gasteiger partial charge in [0, 0.05) is 172 Å². The molecular weight excluding hydrogens is 1650 g/mol. The van der Waals surface area contributed by atoms with Crippen molar-refractivity contribution in [3.05, 3.63) is 219 Å². The third kappa shape index (κ3) is 25.2. The van der Waals surface area contributed by atoms with Crippen LogP contribution in [0.4, 0.5) is 24.5 Å². The number of halogens is 3. The normalized spacial score (nSPS) is 14.5. The minimum absolute atomic E-state index is 0.00506. The van der Waals surface area contributed by atoms with Gasteiger partial charge in [0.25, 0.3) is 11.8 Å². The second-order valence-corrected chi connectivity index (χ2v) is 40.0. The maximum absolute atomic E-state index is 13.4. The summed E-state index contributed by atoms with van der Waals surface area (Å²) in [5.74, 6) is 24.8. The lowest BCUT2D eigenvalue weighted by atomic mass is 9.89. The van der Waals surface area contributed by atoms with E-state index >= 15 is 0 Å². The molecule has 0 fully saturated rings. The molecule has 3 N–H and O–H groups in total. The zero-order valence-electron chi connectivity index (χ0n) is 71.1. The van der Waals surface area contributed by atoms with Gasteiger partial charge in [-0.05, 0) is 167 Å². The van der Waals surface area contributed by atoms with E-state index in [0.717, 1.165) is 88.6 Å². The Labute approximate surface area is 727 Å². The van der Waals surface area contributed by atoms with Crippen LogP contribution in [0.2, 0.25) is 0 Å². The number of fused-ring (bicyclic) bond motifs is 4. The molecule has 0 aromatic heterocycles. The van der Waals surface area contributed by atoms with Gasteiger partial charge in [0.1, 0.15) is 85.4 Å². The van der Waals surface area contributed by atoms with E-state index in [1.165, 1.54) is 46.5 Å². The largest absolute Gasteiger partial charge is 0.741 e. The number of nitrogens with one attached hydrogen (secondary N) is 2. The van der Waals surface area contributed by atoms with E-state index in [1.54, 1.807) is 30.3 Å². The lowest BCUT2D eigenvalue weighted by Crippen LogP contribution is -2.29. The fourth-order valence-electron chi connectivity index (χ4n) is 13.7. The van der Waals surface area contributed by atoms with Crippen molar-refractivity contribution in [2.24, 2.45) is 21.7 Å². The van der Waals surface area contributed by atoms with Gasteiger partial charge in [-0.15, -0.1) is 11.8 Å². The average Bonchev–Trinajstić information content (AvgIpc) is 0.878. The molecule has 2 aliphatic carbocycles. The highest BCUT2D eigenvalue weighted by atomic mass is 32.2. The number of hydrogen-bond donors (Lipinski definition) is 4. The van der Waals surface area contributed by atoms with Crippen LogP contribution >= 0.6 is 24.4 Å². The molecule has 0 atom stereocenters. The van der Waals surface area contributed by atoms with Gasteiger partial charge in [-0.25, -0.2) is 22.4 Å². The number of alkyl halides is 3. The van der Waals surface area contributed by atoms with Crippen LogP contribution in [0, 0.1) is 79.8 Å². The molecule has 4 heterocycles. The van der Waals surface area contributed by atoms with Crippen molar-refractivity contribution in [2.45, 2.75) is 72.4 Å². The molecule has 4 aliphatic heterocycles. The van der Waals surface area contributed by atoms with Crippen molar-refractivity contribution >= 4 is 118 Å². The average molecular weight is 1750 g/mol. The molecule has 0 bridgehead atoms. The number of carbonyl (C=O) groups excluding carboxylic acids is 3. The summed E-state index contributed by atoms with van der Waals surface area (Å²) in [6.45, 7) is 18.6. The lowest BCUT2D eigenvalue weighted by molar-refractivity contribution is -0.255. The number of carbonyl (C=O) groups is 4. The summed E-state index contributed by atoms with van der Waals surface area (Å²) in [6, 6.07) is 53.6. The summed E-state index contributed by atoms with van der Waals surface area (Å²) in [4.78, 5) is 55.8. The SMILES string of the molecule is CC1(C)C#CC(C)(C)C[S+](Cc2ccc(C#CC#N)cc2)C1.CN(C)c1ccc2c(-c3ccc(C(=O)NCCS)cc3C(=O)[O-])c3ccc(=[N+](C)C)cc-3oc2c1.CN(C)c1ccc2c(-c3ccc(C(=O)NCCSC(=CC#N)c4ccc(C[S+]5CC(C)(C)C#CC(C)(C)C5)cc4)cc3C(=O)O)c3ccc(=[N+](C)C)cc-3oc2c1.O=S(=O)([O-])C(F)(F)F. The van der Waals surface area contributed by atoms with Crippen LogP contribution in [0.3, 0.4) is 0 Å². The summed E-state index contributed by atoms with van der Waals surface area (Å²) < 4.78 is 75.6. The number of allylic oxidation sites excluding steroid dienone is 1. The monoisotopic (exact) mass is 1740 g/mol. The smallest absolute Gasteiger partial charge is 0.485 e. The third-order valence-electron chi connectivity index (χ3n) is 19.5. The van der Waals surface area contributed by atoms with Crippen LogP contribution in [0.15, 0.2) is 173 Å². The number of nitrogens with zero attached hydrogens (tertiary/aromatic N) is 6. The second-order valence-electron chi connectivity index (χ2n) is 32.9. The minimum atomic E-state index is -6.09. The molecule has 19 nitrogen and oxygen atoms in total. The van der Waals surface area contributed by atoms with Gasteiger partial charge >= 0.3 is 11.5 Å². The number of carboxylic acid groups (broad SMARTS) is 2. The van der Waals surface area contributed by atoms with Crippen LogP contribution in [0.25, 0.3) is 71.7 Å². The van der Waals surface area contributed by atoms with Crippen LogP contribution in [-0.4, -0.2) is 151 Å². The van der Waals surface area contributed by atoms with Crippen molar-refractivity contribution in [3.8, 4) is 92.6 Å². The summed E-state index contributed by atoms with van der Waals surface area (Å²) >= 11 is 5.59. The molecule has 6 aromatic rings. The molecule has 0 saturated heterocycles. The first-order chi connectivity index (χ1) is 57.3. The molecule has 634 valence electrons. The molecular formula is C95H99F3N8O11S5+2. The van der Waals surface area contributed by atoms with Crippen molar-refractivity contribution in [2.75, 3.05) is 114 Å². The molecule has 122 heavy (non-hydrogen) atoms. The number of benzene rings is 8. The van der Waals surface area contributed by atoms with E-state index in [-0.39, 0.29) is 66.6 Å². The number of thiol groups is 1. The van der Waals surface area contributed by atoms with Crippen LogP contribution in [0.1, 0.15) is 119 Å². The van der Waals surface area contributed by atoms with Crippen LogP contribution < -0.4 is 45.4 Å². The van der Waals surface area contributed by atoms with E-state index in [2.05, 4.69) is 157 Å². The van der Waals surface area contributed by atoms with Crippen LogP contribution in [0.5, 0.6) is 0 Å². The van der Waals surface area contributed by atoms with Gasteiger partial charge in [0.2, 0.25) is 10.7 Å². The number of thioether (sulfide) groups is 1. The molecule has 6 aromatic carbocycles. The number of anilines is 2. The Morgan fingerprint density at radius 1 is 0.590 bits per heavy atom. The van der Waals surface area contributed by atoms with E-state index in [1.807, 2.05) is 166 Å². The first-order valence-electron chi connectivity index (χ1n) is 38.8. The van der Waals surface area contributed by atoms with Gasteiger partial charge in [-0.1, -0.05) is 78.1 Å². The van der Waals surface area contributed by atoms with Gasteiger partial charge in [0.05, 0.1) is 51.4 Å². The van der Waals surface area contributed by atoms with Crippen molar-refractivity contribution in [3.63, 3.8) is 0 Å². The molecule has 0 radical (unpaired) electrons. The van der Waals surface area contributed by atoms with E-state index in [9.17, 15) is 47.8 Å². The van der Waals surface area contributed by atoms with E-state index < -0.39 is 27.6 Å². The maximum atomic E-state index is 13.4. The molecule has 0 spiro atoms. The van der Waals surface area contributed by atoms with Gasteiger partial charge in [-0.3, -0.25) is 9.59 Å². The predicted octanol–water partition coefficient (Wildman–Crippen LogP) is 14.3. The lowest BCUT2D eigenvalue weighted by Gasteiger charge is -2.20. The number of hydrogen-bond acceptors (Lipinski definition) is 16. The molecule has 0 saturated carbocycles. The molecule has 12 rings (SSSR count). The van der Waals surface area contributed by atoms with Gasteiger partial charge < -0.3 is 48.8 Å². The van der Waals surface area contributed by atoms with Crippen molar-refractivity contribution in [1.82, 2.24) is 19.8 Å². The Kier molecular flexibility index (Phi) is 31.1. The van der Waals surface area contributed by atoms with Gasteiger partial charge in [0.15, 0.2) is 16.2 Å². The Balaban J connectivity index is 0.000000219. The molecule has 6 aliphatic rings. The molecule has 0 unspecified atom stereocenters. The highest BCUT2D eigenvalue weighted by Crippen LogP contribution is 2.45. The highest BCUT2D eigenvalue weighted by molar-refractivity contribution is 8.08. The number of carboxylic acids is 2. The molecule has 2 amide bonds. The fraction of sp³-hybridized carbons (Fsp3) is 0.326. The van der Waals surface area contributed by atoms with E-state index in [0.29, 0.717) is 74.9 Å². The Morgan fingerprint density at radius 2 is 0.984 bits per heavy atom. The zero-order chi connectivity index (χ0) is 89.6. The number of rotatable bonds is 19. The van der Waals surface area contributed by atoms with Crippen LogP contribution in [-0.2, 0) is 43.4 Å². The summed E-state index contributed by atoms with van der Waals surface area (Å²) in [7, 11) is 10.0. The highest BCUT2D eigenvalue weighted by Gasteiger charge is 2.40. The number of nitriles is 2. The quantitative estimate of drug-likeness (QED) is 0.00674. The maximum Gasteiger partial charge on any atom is 0.485 e. The fourth-order valence-corrected chi connectivity index (χ4v) is 21.0. The number of aromatic carboxylic acids is 2. The zero-order valence-corrected chi connectivity index (χ0v) is 75.2. The van der Waals surface area contributed by atoms with E-state index in [4.69, 9.17) is 27.1 Å². The number of amides is 2. The Morgan fingerprint density at radius 3 is 1.36 bits per heavy atom. The first-order valence-corrected chi connectivity index (χ1v) is 45.3. The molecule has 27 heteroatoms. The predicted molar refractivity (Wildman–Crippen MR) is 489 cm³/mol.